The Morgan fingerprint density at radius 1 is 1.10 bits per heavy atom. The minimum Gasteiger partial charge on any atom is -0.457 e. The van der Waals surface area contributed by atoms with E-state index < -0.39 is 4.92 Å². The number of rotatable bonds is 5. The first kappa shape index (κ1) is 15.0. The van der Waals surface area contributed by atoms with E-state index in [0.29, 0.717) is 5.75 Å². The minimum absolute atomic E-state index is 0.0531. The molecule has 2 aromatic rings. The lowest BCUT2D eigenvalue weighted by Crippen LogP contribution is -2.16. The smallest absolute Gasteiger partial charge is 0.269 e. The molecule has 0 saturated heterocycles. The van der Waals surface area contributed by atoms with Gasteiger partial charge in [0.05, 0.1) is 4.92 Å². The van der Waals surface area contributed by atoms with Crippen molar-refractivity contribution in [3.8, 4) is 11.5 Å². The fraction of sp³-hybridized carbons (Fsp3) is 0.250. The van der Waals surface area contributed by atoms with Crippen LogP contribution in [0.25, 0.3) is 0 Å². The van der Waals surface area contributed by atoms with Gasteiger partial charge in [0.2, 0.25) is 0 Å². The molecule has 5 nitrogen and oxygen atoms in total. The van der Waals surface area contributed by atoms with Gasteiger partial charge in [-0.25, -0.2) is 0 Å². The number of nitrogens with zero attached hydrogens (tertiary/aromatic N) is 2. The summed E-state index contributed by atoms with van der Waals surface area (Å²) in [7, 11) is 4.04. The van der Waals surface area contributed by atoms with Crippen LogP contribution < -0.4 is 4.74 Å². The van der Waals surface area contributed by atoms with Crippen molar-refractivity contribution in [2.24, 2.45) is 0 Å². The van der Waals surface area contributed by atoms with Gasteiger partial charge in [-0.1, -0.05) is 12.1 Å². The van der Waals surface area contributed by atoms with E-state index in [4.69, 9.17) is 4.74 Å². The van der Waals surface area contributed by atoms with Crippen molar-refractivity contribution in [2.45, 2.75) is 13.0 Å². The van der Waals surface area contributed by atoms with Gasteiger partial charge in [-0.3, -0.25) is 10.1 Å². The van der Waals surface area contributed by atoms with Crippen LogP contribution in [0.5, 0.6) is 11.5 Å². The molecule has 0 radical (unpaired) electrons. The molecule has 0 aromatic heterocycles. The van der Waals surface area contributed by atoms with Gasteiger partial charge in [-0.15, -0.1) is 0 Å². The van der Waals surface area contributed by atoms with Crippen molar-refractivity contribution >= 4 is 5.69 Å². The van der Waals surface area contributed by atoms with Crippen molar-refractivity contribution in [2.75, 3.05) is 14.1 Å². The molecule has 0 aliphatic carbocycles. The van der Waals surface area contributed by atoms with E-state index in [-0.39, 0.29) is 11.7 Å². The van der Waals surface area contributed by atoms with Crippen LogP contribution in [0.2, 0.25) is 0 Å². The van der Waals surface area contributed by atoms with Crippen LogP contribution in [-0.2, 0) is 0 Å². The Morgan fingerprint density at radius 3 is 2.33 bits per heavy atom. The van der Waals surface area contributed by atoms with Crippen LogP contribution in [0.3, 0.4) is 0 Å². The summed E-state index contributed by atoms with van der Waals surface area (Å²) in [4.78, 5) is 12.3. The highest BCUT2D eigenvalue weighted by Crippen LogP contribution is 2.27. The molecular weight excluding hydrogens is 268 g/mol. The molecule has 0 aliphatic rings. The normalized spacial score (nSPS) is 12.2. The molecule has 0 aliphatic heterocycles. The third kappa shape index (κ3) is 3.79. The first-order valence-electron chi connectivity index (χ1n) is 6.66. The van der Waals surface area contributed by atoms with Crippen LogP contribution in [-0.4, -0.2) is 23.9 Å². The highest BCUT2D eigenvalue weighted by Gasteiger charge is 2.09. The van der Waals surface area contributed by atoms with Gasteiger partial charge in [0.15, 0.2) is 0 Å². The maximum atomic E-state index is 10.6. The predicted molar refractivity (Wildman–Crippen MR) is 81.7 cm³/mol. The van der Waals surface area contributed by atoms with E-state index >= 15 is 0 Å². The molecule has 0 amide bonds. The second-order valence-electron chi connectivity index (χ2n) is 5.07. The number of hydrogen-bond acceptors (Lipinski definition) is 4. The van der Waals surface area contributed by atoms with Gasteiger partial charge in [-0.2, -0.15) is 0 Å². The van der Waals surface area contributed by atoms with Crippen LogP contribution in [0.15, 0.2) is 48.5 Å². The molecule has 5 heteroatoms. The molecule has 110 valence electrons. The molecule has 0 N–H and O–H groups in total. The van der Waals surface area contributed by atoms with Gasteiger partial charge in [0, 0.05) is 18.2 Å². The Hall–Kier alpha value is -2.40. The zero-order valence-electron chi connectivity index (χ0n) is 12.3. The lowest BCUT2D eigenvalue weighted by molar-refractivity contribution is -0.384. The molecule has 0 fully saturated rings. The molecule has 2 rings (SSSR count). The maximum Gasteiger partial charge on any atom is 0.269 e. The van der Waals surface area contributed by atoms with Crippen molar-refractivity contribution in [1.29, 1.82) is 0 Å². The van der Waals surface area contributed by atoms with Crippen LogP contribution in [0.4, 0.5) is 5.69 Å². The van der Waals surface area contributed by atoms with Gasteiger partial charge in [0.1, 0.15) is 11.5 Å². The highest BCUT2D eigenvalue weighted by molar-refractivity contribution is 5.39. The number of nitro groups is 1. The lowest BCUT2D eigenvalue weighted by atomic mass is 10.1. The molecule has 0 spiro atoms. The number of nitro benzene ring substituents is 1. The Labute approximate surface area is 123 Å². The average Bonchev–Trinajstić information content (AvgIpc) is 2.47. The lowest BCUT2D eigenvalue weighted by Gasteiger charge is -2.20. The first-order valence-corrected chi connectivity index (χ1v) is 6.66. The SMILES string of the molecule is C[C@H](c1cccc(Oc2ccc([N+](=O)[O-])cc2)c1)N(C)C. The van der Waals surface area contributed by atoms with E-state index in [9.17, 15) is 10.1 Å². The number of benzene rings is 2. The number of non-ortho nitro benzene ring substituents is 1. The zero-order valence-corrected chi connectivity index (χ0v) is 12.3. The summed E-state index contributed by atoms with van der Waals surface area (Å²) < 4.78 is 5.74. The van der Waals surface area contributed by atoms with Crippen LogP contribution in [0, 0.1) is 10.1 Å². The monoisotopic (exact) mass is 286 g/mol. The predicted octanol–water partition coefficient (Wildman–Crippen LogP) is 4.01. The molecular formula is C16H18N2O3. The summed E-state index contributed by atoms with van der Waals surface area (Å²) in [6.45, 7) is 2.12. The van der Waals surface area contributed by atoms with E-state index in [1.165, 1.54) is 12.1 Å². The van der Waals surface area contributed by atoms with Crippen molar-refractivity contribution in [1.82, 2.24) is 4.90 Å². The quantitative estimate of drug-likeness (QED) is 0.615. The van der Waals surface area contributed by atoms with Crippen LogP contribution in [0.1, 0.15) is 18.5 Å². The average molecular weight is 286 g/mol. The van der Waals surface area contributed by atoms with Gasteiger partial charge in [0.25, 0.3) is 5.69 Å². The number of hydrogen-bond donors (Lipinski definition) is 0. The second-order valence-corrected chi connectivity index (χ2v) is 5.07. The van der Waals surface area contributed by atoms with E-state index in [1.54, 1.807) is 12.1 Å². The van der Waals surface area contributed by atoms with Gasteiger partial charge >= 0.3 is 0 Å². The standard InChI is InChI=1S/C16H18N2O3/c1-12(17(2)3)13-5-4-6-16(11-13)21-15-9-7-14(8-10-15)18(19)20/h4-12H,1-3H3/t12-/m1/s1. The Kier molecular flexibility index (Phi) is 4.55. The Morgan fingerprint density at radius 2 is 1.76 bits per heavy atom. The molecule has 1 atom stereocenters. The number of ether oxygens (including phenoxy) is 1. The second kappa shape index (κ2) is 6.37. The Bertz CT molecular complexity index is 624. The summed E-state index contributed by atoms with van der Waals surface area (Å²) in [6.07, 6.45) is 0. The topological polar surface area (TPSA) is 55.6 Å². The molecule has 0 unspecified atom stereocenters. The van der Waals surface area contributed by atoms with Gasteiger partial charge in [-0.05, 0) is 50.8 Å². The molecule has 2 aromatic carbocycles. The highest BCUT2D eigenvalue weighted by atomic mass is 16.6. The molecule has 0 heterocycles. The summed E-state index contributed by atoms with van der Waals surface area (Å²) >= 11 is 0. The first-order chi connectivity index (χ1) is 9.97. The summed E-state index contributed by atoms with van der Waals surface area (Å²) in [6, 6.07) is 14.2. The third-order valence-electron chi connectivity index (χ3n) is 3.40. The summed E-state index contributed by atoms with van der Waals surface area (Å²) in [5.41, 5.74) is 1.21. The maximum absolute atomic E-state index is 10.6. The minimum atomic E-state index is -0.427. The summed E-state index contributed by atoms with van der Waals surface area (Å²) in [5.74, 6) is 1.30. The Balaban J connectivity index is 2.16. The zero-order chi connectivity index (χ0) is 15.4. The van der Waals surface area contributed by atoms with Crippen molar-refractivity contribution in [3.05, 3.63) is 64.2 Å². The van der Waals surface area contributed by atoms with E-state index in [1.807, 2.05) is 38.4 Å². The fourth-order valence-electron chi connectivity index (χ4n) is 1.91. The van der Waals surface area contributed by atoms with Crippen molar-refractivity contribution < 1.29 is 9.66 Å². The fourth-order valence-corrected chi connectivity index (χ4v) is 1.91. The molecule has 0 bridgehead atoms. The van der Waals surface area contributed by atoms with Gasteiger partial charge < -0.3 is 9.64 Å². The summed E-state index contributed by atoms with van der Waals surface area (Å²) in [5, 5.41) is 10.6. The van der Waals surface area contributed by atoms with E-state index in [0.717, 1.165) is 11.3 Å². The van der Waals surface area contributed by atoms with Crippen molar-refractivity contribution in [3.63, 3.8) is 0 Å². The van der Waals surface area contributed by atoms with E-state index in [2.05, 4.69) is 11.8 Å². The van der Waals surface area contributed by atoms with Crippen LogP contribution >= 0.6 is 0 Å². The molecule has 21 heavy (non-hydrogen) atoms. The largest absolute Gasteiger partial charge is 0.457 e. The molecule has 0 saturated carbocycles. The third-order valence-corrected chi connectivity index (χ3v) is 3.40.